The van der Waals surface area contributed by atoms with Gasteiger partial charge >= 0.3 is 0 Å². The van der Waals surface area contributed by atoms with Crippen LogP contribution in [0, 0.1) is 24.0 Å². The molecule has 0 aliphatic heterocycles. The predicted molar refractivity (Wildman–Crippen MR) is 86.9 cm³/mol. The van der Waals surface area contributed by atoms with Crippen molar-refractivity contribution in [1.82, 2.24) is 4.83 Å². The Labute approximate surface area is 133 Å². The van der Waals surface area contributed by atoms with Crippen LogP contribution in [0.1, 0.15) is 16.7 Å². The van der Waals surface area contributed by atoms with E-state index < -0.39 is 14.9 Å². The van der Waals surface area contributed by atoms with Crippen LogP contribution in [0.15, 0.2) is 52.5 Å². The third-order valence-electron chi connectivity index (χ3n) is 3.10. The lowest BCUT2D eigenvalue weighted by Crippen LogP contribution is -2.19. The van der Waals surface area contributed by atoms with Crippen LogP contribution in [-0.2, 0) is 10.0 Å². The Morgan fingerprint density at radius 1 is 1.17 bits per heavy atom. The average Bonchev–Trinajstić information content (AvgIpc) is 2.49. The van der Waals surface area contributed by atoms with E-state index in [4.69, 9.17) is 0 Å². The highest BCUT2D eigenvalue weighted by molar-refractivity contribution is 7.89. The molecule has 0 aliphatic carbocycles. The number of hydrazone groups is 1. The fourth-order valence-electron chi connectivity index (χ4n) is 1.93. The van der Waals surface area contributed by atoms with Crippen LogP contribution in [0.4, 0.5) is 5.69 Å². The summed E-state index contributed by atoms with van der Waals surface area (Å²) in [6.07, 6.45) is 1.22. The van der Waals surface area contributed by atoms with Gasteiger partial charge in [-0.15, -0.1) is 0 Å². The first kappa shape index (κ1) is 16.6. The van der Waals surface area contributed by atoms with E-state index >= 15 is 0 Å². The summed E-state index contributed by atoms with van der Waals surface area (Å²) in [5, 5.41) is 14.4. The van der Waals surface area contributed by atoms with Crippen molar-refractivity contribution >= 4 is 21.9 Å². The van der Waals surface area contributed by atoms with E-state index in [2.05, 4.69) is 9.93 Å². The number of hydrogen-bond donors (Lipinski definition) is 1. The number of non-ortho nitro benzene ring substituents is 1. The van der Waals surface area contributed by atoms with Crippen molar-refractivity contribution < 1.29 is 13.3 Å². The molecule has 7 nitrogen and oxygen atoms in total. The van der Waals surface area contributed by atoms with Gasteiger partial charge in [0.15, 0.2) is 0 Å². The van der Waals surface area contributed by atoms with E-state index in [-0.39, 0.29) is 10.6 Å². The molecule has 0 atom stereocenters. The first-order chi connectivity index (χ1) is 10.8. The quantitative estimate of drug-likeness (QED) is 0.516. The fourth-order valence-corrected chi connectivity index (χ4v) is 3.06. The Kier molecular flexibility index (Phi) is 4.75. The maximum absolute atomic E-state index is 12.2. The van der Waals surface area contributed by atoms with Crippen LogP contribution < -0.4 is 4.83 Å². The molecule has 0 saturated carbocycles. The number of benzene rings is 2. The van der Waals surface area contributed by atoms with Gasteiger partial charge in [-0.05, 0) is 31.0 Å². The van der Waals surface area contributed by atoms with Crippen molar-refractivity contribution in [3.05, 3.63) is 69.3 Å². The number of nitro groups is 1. The van der Waals surface area contributed by atoms with Gasteiger partial charge in [0.25, 0.3) is 15.7 Å². The number of nitrogens with one attached hydrogen (secondary N) is 1. The Morgan fingerprint density at radius 2 is 1.91 bits per heavy atom. The van der Waals surface area contributed by atoms with Gasteiger partial charge in [0.05, 0.1) is 16.0 Å². The first-order valence-electron chi connectivity index (χ1n) is 6.66. The normalized spacial score (nSPS) is 11.6. The Balaban J connectivity index is 2.20. The molecule has 120 valence electrons. The molecule has 1 N–H and O–H groups in total. The Hall–Kier alpha value is -2.74. The lowest BCUT2D eigenvalue weighted by Gasteiger charge is -2.07. The molecule has 23 heavy (non-hydrogen) atoms. The van der Waals surface area contributed by atoms with Crippen LogP contribution in [-0.4, -0.2) is 19.6 Å². The summed E-state index contributed by atoms with van der Waals surface area (Å²) in [4.78, 5) is 12.4. The number of aryl methyl sites for hydroxylation is 2. The summed E-state index contributed by atoms with van der Waals surface area (Å²) in [6, 6.07) is 10.8. The summed E-state index contributed by atoms with van der Waals surface area (Å²) in [5.74, 6) is 0. The summed E-state index contributed by atoms with van der Waals surface area (Å²) in [5.41, 5.74) is 1.75. The molecule has 2 aromatic rings. The molecule has 0 fully saturated rings. The summed E-state index contributed by atoms with van der Waals surface area (Å²) in [6.45, 7) is 3.49. The molecule has 0 unspecified atom stereocenters. The van der Waals surface area contributed by atoms with Crippen LogP contribution in [0.3, 0.4) is 0 Å². The summed E-state index contributed by atoms with van der Waals surface area (Å²) >= 11 is 0. The van der Waals surface area contributed by atoms with Gasteiger partial charge < -0.3 is 0 Å². The third kappa shape index (κ3) is 4.13. The molecular weight excluding hydrogens is 318 g/mol. The van der Waals surface area contributed by atoms with Crippen molar-refractivity contribution in [2.75, 3.05) is 0 Å². The zero-order chi connectivity index (χ0) is 17.0. The van der Waals surface area contributed by atoms with Gasteiger partial charge in [-0.3, -0.25) is 10.1 Å². The van der Waals surface area contributed by atoms with Crippen LogP contribution >= 0.6 is 0 Å². The second kappa shape index (κ2) is 6.57. The van der Waals surface area contributed by atoms with E-state index in [0.29, 0.717) is 11.1 Å². The molecule has 0 amide bonds. The summed E-state index contributed by atoms with van der Waals surface area (Å²) in [7, 11) is -3.79. The topological polar surface area (TPSA) is 102 Å². The largest absolute Gasteiger partial charge is 0.276 e. The molecule has 0 heterocycles. The minimum absolute atomic E-state index is 0.0914. The number of sulfonamides is 1. The van der Waals surface area contributed by atoms with E-state index in [1.807, 2.05) is 6.07 Å². The molecule has 0 aromatic heterocycles. The Bertz CT molecular complexity index is 876. The highest BCUT2D eigenvalue weighted by Crippen LogP contribution is 2.16. The molecule has 0 spiro atoms. The zero-order valence-corrected chi connectivity index (χ0v) is 13.4. The highest BCUT2D eigenvalue weighted by Gasteiger charge is 2.15. The summed E-state index contributed by atoms with van der Waals surface area (Å²) < 4.78 is 24.5. The van der Waals surface area contributed by atoms with Gasteiger partial charge in [-0.25, -0.2) is 4.83 Å². The van der Waals surface area contributed by atoms with E-state index in [1.54, 1.807) is 32.0 Å². The van der Waals surface area contributed by atoms with E-state index in [0.717, 1.165) is 5.56 Å². The SMILES string of the molecule is Cc1ccc(C)c(S(=O)(=O)N/N=C\c2cccc([N+](=O)[O-])c2)c1. The molecule has 8 heteroatoms. The van der Waals surface area contributed by atoms with Gasteiger partial charge in [0, 0.05) is 17.7 Å². The van der Waals surface area contributed by atoms with E-state index in [9.17, 15) is 18.5 Å². The van der Waals surface area contributed by atoms with Gasteiger partial charge in [-0.2, -0.15) is 13.5 Å². The zero-order valence-electron chi connectivity index (χ0n) is 12.6. The number of nitrogens with zero attached hydrogens (tertiary/aromatic N) is 2. The average molecular weight is 333 g/mol. The fraction of sp³-hybridized carbons (Fsp3) is 0.133. The van der Waals surface area contributed by atoms with Crippen molar-refractivity contribution in [1.29, 1.82) is 0 Å². The smallest absolute Gasteiger partial charge is 0.258 e. The van der Waals surface area contributed by atoms with Crippen molar-refractivity contribution in [3.8, 4) is 0 Å². The molecular formula is C15H15N3O4S. The van der Waals surface area contributed by atoms with Crippen LogP contribution in [0.2, 0.25) is 0 Å². The minimum Gasteiger partial charge on any atom is -0.258 e. The number of hydrogen-bond acceptors (Lipinski definition) is 5. The molecule has 0 bridgehead atoms. The van der Waals surface area contributed by atoms with Gasteiger partial charge in [-0.1, -0.05) is 24.3 Å². The molecule has 0 saturated heterocycles. The lowest BCUT2D eigenvalue weighted by molar-refractivity contribution is -0.384. The van der Waals surface area contributed by atoms with E-state index in [1.165, 1.54) is 24.4 Å². The van der Waals surface area contributed by atoms with Crippen LogP contribution in [0.5, 0.6) is 0 Å². The van der Waals surface area contributed by atoms with Gasteiger partial charge in [0.1, 0.15) is 0 Å². The second-order valence-corrected chi connectivity index (χ2v) is 6.60. The monoisotopic (exact) mass is 333 g/mol. The minimum atomic E-state index is -3.79. The van der Waals surface area contributed by atoms with Crippen molar-refractivity contribution in [3.63, 3.8) is 0 Å². The predicted octanol–water partition coefficient (Wildman–Crippen LogP) is 2.52. The molecule has 2 aromatic carbocycles. The maximum atomic E-state index is 12.2. The Morgan fingerprint density at radius 3 is 2.61 bits per heavy atom. The van der Waals surface area contributed by atoms with Crippen molar-refractivity contribution in [2.24, 2.45) is 5.10 Å². The first-order valence-corrected chi connectivity index (χ1v) is 8.14. The van der Waals surface area contributed by atoms with Crippen molar-refractivity contribution in [2.45, 2.75) is 18.7 Å². The number of nitro benzene ring substituents is 1. The molecule has 0 radical (unpaired) electrons. The molecule has 0 aliphatic rings. The maximum Gasteiger partial charge on any atom is 0.276 e. The highest BCUT2D eigenvalue weighted by atomic mass is 32.2. The van der Waals surface area contributed by atoms with Crippen LogP contribution in [0.25, 0.3) is 0 Å². The molecule has 2 rings (SSSR count). The standard InChI is InChI=1S/C15H15N3O4S/c1-11-6-7-12(2)15(8-11)23(21,22)17-16-10-13-4-3-5-14(9-13)18(19)20/h3-10,17H,1-2H3/b16-10-. The lowest BCUT2D eigenvalue weighted by atomic mass is 10.2. The number of rotatable bonds is 5. The third-order valence-corrected chi connectivity index (χ3v) is 4.47. The second-order valence-electron chi connectivity index (χ2n) is 4.97. The van der Waals surface area contributed by atoms with Gasteiger partial charge in [0.2, 0.25) is 0 Å².